The second-order valence-electron chi connectivity index (χ2n) is 6.44. The van der Waals surface area contributed by atoms with Crippen LogP contribution in [-0.2, 0) is 6.54 Å². The molecule has 4 nitrogen and oxygen atoms in total. The van der Waals surface area contributed by atoms with E-state index in [0.717, 1.165) is 37.6 Å². The standard InChI is InChI=1S/C20H23NO3/c1-4-10-21-11-13-6-5-7-16-18(13)15(12-21)14-8-9-17(22-2)20(23-3)19(14)24-16/h5-9,15H,4,10-12H2,1-3H3. The van der Waals surface area contributed by atoms with Gasteiger partial charge < -0.3 is 14.2 Å². The van der Waals surface area contributed by atoms with E-state index in [9.17, 15) is 0 Å². The minimum absolute atomic E-state index is 0.319. The Bertz CT molecular complexity index is 772. The minimum Gasteiger partial charge on any atom is -0.493 e. The van der Waals surface area contributed by atoms with Crippen LogP contribution in [0.1, 0.15) is 36.0 Å². The predicted molar refractivity (Wildman–Crippen MR) is 93.5 cm³/mol. The van der Waals surface area contributed by atoms with E-state index in [4.69, 9.17) is 14.2 Å². The molecule has 126 valence electrons. The predicted octanol–water partition coefficient (Wildman–Crippen LogP) is 4.17. The molecular weight excluding hydrogens is 302 g/mol. The normalized spacial score (nSPS) is 18.4. The molecule has 1 atom stereocenters. The van der Waals surface area contributed by atoms with Crippen LogP contribution in [0.25, 0.3) is 0 Å². The summed E-state index contributed by atoms with van der Waals surface area (Å²) in [5.74, 6) is 3.45. The Morgan fingerprint density at radius 3 is 2.79 bits per heavy atom. The highest BCUT2D eigenvalue weighted by Gasteiger charge is 2.36. The van der Waals surface area contributed by atoms with Gasteiger partial charge in [-0.25, -0.2) is 0 Å². The van der Waals surface area contributed by atoms with E-state index in [1.54, 1.807) is 14.2 Å². The zero-order valence-corrected chi connectivity index (χ0v) is 14.5. The average molecular weight is 325 g/mol. The Kier molecular flexibility index (Phi) is 3.85. The van der Waals surface area contributed by atoms with Crippen molar-refractivity contribution >= 4 is 0 Å². The molecule has 2 heterocycles. The van der Waals surface area contributed by atoms with Gasteiger partial charge in [-0.3, -0.25) is 4.90 Å². The number of methoxy groups -OCH3 is 2. The third-order valence-corrected chi connectivity index (χ3v) is 5.00. The van der Waals surface area contributed by atoms with E-state index in [-0.39, 0.29) is 0 Å². The van der Waals surface area contributed by atoms with Crippen molar-refractivity contribution in [2.45, 2.75) is 25.8 Å². The molecular formula is C20H23NO3. The molecule has 0 fully saturated rings. The van der Waals surface area contributed by atoms with Crippen LogP contribution in [0.15, 0.2) is 30.3 Å². The Morgan fingerprint density at radius 1 is 1.17 bits per heavy atom. The van der Waals surface area contributed by atoms with Crippen LogP contribution in [-0.4, -0.2) is 32.2 Å². The Labute approximate surface area is 142 Å². The molecule has 2 aliphatic heterocycles. The molecule has 0 aromatic heterocycles. The highest BCUT2D eigenvalue weighted by molar-refractivity contribution is 5.65. The molecule has 4 rings (SSSR count). The maximum Gasteiger partial charge on any atom is 0.204 e. The van der Waals surface area contributed by atoms with E-state index in [1.165, 1.54) is 16.7 Å². The third kappa shape index (κ3) is 2.25. The zero-order chi connectivity index (χ0) is 16.7. The van der Waals surface area contributed by atoms with E-state index < -0.39 is 0 Å². The van der Waals surface area contributed by atoms with Crippen LogP contribution in [0.3, 0.4) is 0 Å². The third-order valence-electron chi connectivity index (χ3n) is 5.00. The average Bonchev–Trinajstić information content (AvgIpc) is 2.61. The number of nitrogens with zero attached hydrogens (tertiary/aromatic N) is 1. The molecule has 0 N–H and O–H groups in total. The van der Waals surface area contributed by atoms with Crippen LogP contribution in [0.4, 0.5) is 0 Å². The highest BCUT2D eigenvalue weighted by atomic mass is 16.5. The topological polar surface area (TPSA) is 30.9 Å². The summed E-state index contributed by atoms with van der Waals surface area (Å²) in [5, 5.41) is 0. The number of hydrogen-bond acceptors (Lipinski definition) is 4. The van der Waals surface area contributed by atoms with Crippen LogP contribution >= 0.6 is 0 Å². The van der Waals surface area contributed by atoms with Crippen molar-refractivity contribution in [3.63, 3.8) is 0 Å². The first-order valence-electron chi connectivity index (χ1n) is 8.53. The Hall–Kier alpha value is -2.20. The van der Waals surface area contributed by atoms with Crippen molar-refractivity contribution in [1.29, 1.82) is 0 Å². The first-order valence-corrected chi connectivity index (χ1v) is 8.53. The van der Waals surface area contributed by atoms with Gasteiger partial charge in [0.15, 0.2) is 11.5 Å². The second-order valence-corrected chi connectivity index (χ2v) is 6.44. The van der Waals surface area contributed by atoms with Gasteiger partial charge in [-0.2, -0.15) is 0 Å². The first-order chi connectivity index (χ1) is 11.8. The van der Waals surface area contributed by atoms with Crippen molar-refractivity contribution in [1.82, 2.24) is 4.90 Å². The van der Waals surface area contributed by atoms with Gasteiger partial charge in [-0.05, 0) is 30.7 Å². The van der Waals surface area contributed by atoms with Crippen molar-refractivity contribution < 1.29 is 14.2 Å². The van der Waals surface area contributed by atoms with E-state index in [2.05, 4.69) is 36.1 Å². The highest BCUT2D eigenvalue weighted by Crippen LogP contribution is 2.53. The molecule has 0 spiro atoms. The second kappa shape index (κ2) is 6.02. The molecule has 0 bridgehead atoms. The largest absolute Gasteiger partial charge is 0.493 e. The van der Waals surface area contributed by atoms with Gasteiger partial charge in [-0.15, -0.1) is 0 Å². The summed E-state index contributed by atoms with van der Waals surface area (Å²) in [5.41, 5.74) is 3.90. The van der Waals surface area contributed by atoms with Crippen LogP contribution < -0.4 is 14.2 Å². The molecule has 0 saturated carbocycles. The summed E-state index contributed by atoms with van der Waals surface area (Å²) in [6.07, 6.45) is 1.16. The molecule has 0 radical (unpaired) electrons. The lowest BCUT2D eigenvalue weighted by atomic mass is 9.81. The van der Waals surface area contributed by atoms with E-state index in [1.807, 2.05) is 6.07 Å². The Morgan fingerprint density at radius 2 is 2.04 bits per heavy atom. The lowest BCUT2D eigenvalue weighted by molar-refractivity contribution is 0.231. The van der Waals surface area contributed by atoms with Gasteiger partial charge >= 0.3 is 0 Å². The number of ether oxygens (including phenoxy) is 3. The summed E-state index contributed by atoms with van der Waals surface area (Å²) in [6, 6.07) is 10.5. The summed E-state index contributed by atoms with van der Waals surface area (Å²) >= 11 is 0. The SMILES string of the molecule is CCCN1Cc2cccc3c2C(C1)c1ccc(OC)c(OC)c1O3. The first kappa shape index (κ1) is 15.3. The molecule has 0 amide bonds. The quantitative estimate of drug-likeness (QED) is 0.844. The van der Waals surface area contributed by atoms with Crippen LogP contribution in [0.5, 0.6) is 23.0 Å². The maximum atomic E-state index is 6.26. The lowest BCUT2D eigenvalue weighted by Crippen LogP contribution is -2.36. The molecule has 1 unspecified atom stereocenters. The molecule has 24 heavy (non-hydrogen) atoms. The fourth-order valence-corrected chi connectivity index (χ4v) is 4.01. The number of rotatable bonds is 4. The minimum atomic E-state index is 0.319. The molecule has 2 aromatic carbocycles. The number of benzene rings is 2. The van der Waals surface area contributed by atoms with Crippen LogP contribution in [0.2, 0.25) is 0 Å². The summed E-state index contributed by atoms with van der Waals surface area (Å²) < 4.78 is 17.3. The van der Waals surface area contributed by atoms with Gasteiger partial charge in [0.2, 0.25) is 5.75 Å². The fourth-order valence-electron chi connectivity index (χ4n) is 4.01. The van der Waals surface area contributed by atoms with Gasteiger partial charge in [0.05, 0.1) is 14.2 Å². The van der Waals surface area contributed by atoms with Gasteiger partial charge in [0.1, 0.15) is 5.75 Å². The molecule has 2 aromatic rings. The molecule has 4 heteroatoms. The monoisotopic (exact) mass is 325 g/mol. The van der Waals surface area contributed by atoms with Crippen molar-refractivity contribution in [2.75, 3.05) is 27.3 Å². The van der Waals surface area contributed by atoms with Gasteiger partial charge in [0.25, 0.3) is 0 Å². The smallest absolute Gasteiger partial charge is 0.204 e. The van der Waals surface area contributed by atoms with Gasteiger partial charge in [-0.1, -0.05) is 25.1 Å². The van der Waals surface area contributed by atoms with E-state index >= 15 is 0 Å². The molecule has 0 aliphatic carbocycles. The van der Waals surface area contributed by atoms with E-state index in [0.29, 0.717) is 17.4 Å². The van der Waals surface area contributed by atoms with Crippen molar-refractivity contribution in [3.05, 3.63) is 47.0 Å². The Balaban J connectivity index is 1.87. The van der Waals surface area contributed by atoms with Crippen molar-refractivity contribution in [2.24, 2.45) is 0 Å². The number of fused-ring (bicyclic) bond motifs is 2. The summed E-state index contributed by atoms with van der Waals surface area (Å²) in [4.78, 5) is 2.53. The van der Waals surface area contributed by atoms with Crippen LogP contribution in [0, 0.1) is 0 Å². The van der Waals surface area contributed by atoms with Crippen molar-refractivity contribution in [3.8, 4) is 23.0 Å². The summed E-state index contributed by atoms with van der Waals surface area (Å²) in [6.45, 7) is 5.37. The van der Waals surface area contributed by atoms with Gasteiger partial charge in [0, 0.05) is 30.1 Å². The number of hydrogen-bond donors (Lipinski definition) is 0. The fraction of sp³-hybridized carbons (Fsp3) is 0.400. The lowest BCUT2D eigenvalue weighted by Gasteiger charge is -2.39. The summed E-state index contributed by atoms with van der Waals surface area (Å²) in [7, 11) is 3.32. The molecule has 2 aliphatic rings. The molecule has 0 saturated heterocycles. The zero-order valence-electron chi connectivity index (χ0n) is 14.5. The maximum absolute atomic E-state index is 6.26.